The number of carbonyl (C=O) groups excluding carboxylic acids is 1. The van der Waals surface area contributed by atoms with Crippen molar-refractivity contribution in [2.75, 3.05) is 31.6 Å². The minimum atomic E-state index is -0.154. The molecule has 4 aromatic rings. The van der Waals surface area contributed by atoms with Crippen LogP contribution in [0.1, 0.15) is 32.3 Å². The summed E-state index contributed by atoms with van der Waals surface area (Å²) >= 11 is 1.14. The molecule has 1 aromatic heterocycles. The molecule has 3 aromatic carbocycles. The summed E-state index contributed by atoms with van der Waals surface area (Å²) in [5.74, 6) is 2.47. The Kier molecular flexibility index (Phi) is 9.49. The van der Waals surface area contributed by atoms with Crippen LogP contribution in [0.3, 0.4) is 0 Å². The first-order valence-electron chi connectivity index (χ1n) is 13.9. The third-order valence-electron chi connectivity index (χ3n) is 6.90. The van der Waals surface area contributed by atoms with Gasteiger partial charge in [-0.25, -0.2) is 4.79 Å². The molecule has 2 amide bonds. The van der Waals surface area contributed by atoms with Gasteiger partial charge < -0.3 is 24.6 Å². The third kappa shape index (κ3) is 7.43. The van der Waals surface area contributed by atoms with E-state index in [0.717, 1.165) is 66.1 Å². The number of carbonyl (C=O) groups is 1. The second-order valence-electron chi connectivity index (χ2n) is 9.83. The molecular formula is C32H35N5O3S. The highest BCUT2D eigenvalue weighted by Gasteiger charge is 2.19. The normalized spacial score (nSPS) is 15.1. The topological polar surface area (TPSA) is 79.8 Å². The average Bonchev–Trinajstić information content (AvgIpc) is 3.47. The molecule has 0 spiro atoms. The lowest BCUT2D eigenvalue weighted by molar-refractivity contribution is 0.160. The number of aromatic nitrogens is 2. The molecule has 0 saturated heterocycles. The van der Waals surface area contributed by atoms with Gasteiger partial charge >= 0.3 is 6.03 Å². The molecule has 0 radical (unpaired) electrons. The zero-order valence-electron chi connectivity index (χ0n) is 23.5. The van der Waals surface area contributed by atoms with Crippen LogP contribution in [-0.2, 0) is 11.3 Å². The molecule has 41 heavy (non-hydrogen) atoms. The summed E-state index contributed by atoms with van der Waals surface area (Å²) in [5, 5.41) is 3.03. The molecule has 1 aliphatic heterocycles. The van der Waals surface area contributed by atoms with Gasteiger partial charge in [-0.1, -0.05) is 42.5 Å². The van der Waals surface area contributed by atoms with Crippen molar-refractivity contribution >= 4 is 34.5 Å². The lowest BCUT2D eigenvalue weighted by atomic mass is 10.1. The van der Waals surface area contributed by atoms with Crippen LogP contribution in [0.15, 0.2) is 96.4 Å². The monoisotopic (exact) mass is 569 g/mol. The molecule has 0 aliphatic carbocycles. The van der Waals surface area contributed by atoms with Crippen LogP contribution in [0.2, 0.25) is 0 Å². The van der Waals surface area contributed by atoms with Crippen LogP contribution in [0.5, 0.6) is 11.5 Å². The van der Waals surface area contributed by atoms with Gasteiger partial charge in [0.25, 0.3) is 0 Å². The van der Waals surface area contributed by atoms with Gasteiger partial charge in [-0.2, -0.15) is 8.75 Å². The van der Waals surface area contributed by atoms with Gasteiger partial charge in [-0.05, 0) is 74.7 Å². The predicted octanol–water partition coefficient (Wildman–Crippen LogP) is 7.44. The van der Waals surface area contributed by atoms with Gasteiger partial charge in [0, 0.05) is 19.6 Å². The predicted molar refractivity (Wildman–Crippen MR) is 164 cm³/mol. The van der Waals surface area contributed by atoms with Gasteiger partial charge in [-0.3, -0.25) is 0 Å². The van der Waals surface area contributed by atoms with Crippen molar-refractivity contribution < 1.29 is 14.3 Å². The van der Waals surface area contributed by atoms with E-state index in [1.165, 1.54) is 5.56 Å². The van der Waals surface area contributed by atoms with Gasteiger partial charge in [-0.15, -0.1) is 0 Å². The lowest BCUT2D eigenvalue weighted by Crippen LogP contribution is -2.38. The lowest BCUT2D eigenvalue weighted by Gasteiger charge is -2.27. The van der Waals surface area contributed by atoms with Crippen molar-refractivity contribution in [3.05, 3.63) is 102 Å². The van der Waals surface area contributed by atoms with E-state index in [0.29, 0.717) is 30.9 Å². The SMILES string of the molecule is CC=CC1=C(C)OCCN(C(=O)Nc2cccc3nsnc23)CCCCN1Cc1ccc(Oc2ccccc2)cc1. The molecule has 9 heteroatoms. The molecule has 0 fully saturated rings. The van der Waals surface area contributed by atoms with Crippen LogP contribution in [0.25, 0.3) is 11.0 Å². The van der Waals surface area contributed by atoms with E-state index in [1.807, 2.05) is 85.5 Å². The van der Waals surface area contributed by atoms with Crippen LogP contribution in [0, 0.1) is 0 Å². The van der Waals surface area contributed by atoms with E-state index in [9.17, 15) is 4.79 Å². The Morgan fingerprint density at radius 2 is 1.76 bits per heavy atom. The number of rotatable bonds is 6. The Balaban J connectivity index is 1.25. The zero-order valence-corrected chi connectivity index (χ0v) is 24.3. The smallest absolute Gasteiger partial charge is 0.322 e. The Morgan fingerprint density at radius 1 is 0.976 bits per heavy atom. The summed E-state index contributed by atoms with van der Waals surface area (Å²) in [6.07, 6.45) is 5.95. The summed E-state index contributed by atoms with van der Waals surface area (Å²) in [5.41, 5.74) is 4.41. The van der Waals surface area contributed by atoms with E-state index in [-0.39, 0.29) is 6.03 Å². The summed E-state index contributed by atoms with van der Waals surface area (Å²) in [4.78, 5) is 17.4. The van der Waals surface area contributed by atoms with Crippen molar-refractivity contribution in [1.82, 2.24) is 18.5 Å². The van der Waals surface area contributed by atoms with Gasteiger partial charge in [0.2, 0.25) is 0 Å². The van der Waals surface area contributed by atoms with Crippen molar-refractivity contribution in [2.24, 2.45) is 0 Å². The number of hydrogen-bond donors (Lipinski definition) is 1. The highest BCUT2D eigenvalue weighted by atomic mass is 32.1. The van der Waals surface area contributed by atoms with E-state index in [2.05, 4.69) is 37.2 Å². The molecule has 1 N–H and O–H groups in total. The highest BCUT2D eigenvalue weighted by molar-refractivity contribution is 7.00. The molecule has 212 valence electrons. The quantitative estimate of drug-likeness (QED) is 0.260. The molecule has 0 atom stereocenters. The molecule has 2 heterocycles. The van der Waals surface area contributed by atoms with Crippen LogP contribution in [0.4, 0.5) is 10.5 Å². The second-order valence-corrected chi connectivity index (χ2v) is 10.4. The maximum atomic E-state index is 13.2. The fraction of sp³-hybridized carbons (Fsp3) is 0.281. The maximum absolute atomic E-state index is 13.2. The highest BCUT2D eigenvalue weighted by Crippen LogP contribution is 2.25. The number of fused-ring (bicyclic) bond motifs is 1. The van der Waals surface area contributed by atoms with Crippen molar-refractivity contribution in [3.8, 4) is 11.5 Å². The number of allylic oxidation sites excluding steroid dienone is 3. The summed E-state index contributed by atoms with van der Waals surface area (Å²) in [6, 6.07) is 23.5. The van der Waals surface area contributed by atoms with Crippen LogP contribution < -0.4 is 10.1 Å². The molecular weight excluding hydrogens is 534 g/mol. The van der Waals surface area contributed by atoms with Crippen molar-refractivity contribution in [2.45, 2.75) is 33.2 Å². The largest absolute Gasteiger partial charge is 0.494 e. The van der Waals surface area contributed by atoms with Gasteiger partial charge in [0.05, 0.1) is 29.7 Å². The molecule has 1 aliphatic rings. The Morgan fingerprint density at radius 3 is 2.56 bits per heavy atom. The second kappa shape index (κ2) is 13.8. The Hall–Kier alpha value is -4.37. The Bertz CT molecular complexity index is 1500. The fourth-order valence-electron chi connectivity index (χ4n) is 4.80. The number of ether oxygens (including phenoxy) is 2. The number of nitrogens with zero attached hydrogens (tertiary/aromatic N) is 4. The molecule has 0 saturated carbocycles. The maximum Gasteiger partial charge on any atom is 0.322 e. The number of nitrogens with one attached hydrogen (secondary N) is 1. The van der Waals surface area contributed by atoms with E-state index in [4.69, 9.17) is 9.47 Å². The average molecular weight is 570 g/mol. The van der Waals surface area contributed by atoms with E-state index >= 15 is 0 Å². The summed E-state index contributed by atoms with van der Waals surface area (Å²) < 4.78 is 20.8. The van der Waals surface area contributed by atoms with E-state index in [1.54, 1.807) is 0 Å². The Labute approximate surface area is 245 Å². The van der Waals surface area contributed by atoms with Gasteiger partial charge in [0.1, 0.15) is 34.9 Å². The number of hydrogen-bond acceptors (Lipinski definition) is 7. The molecule has 0 unspecified atom stereocenters. The third-order valence-corrected chi connectivity index (χ3v) is 7.44. The van der Waals surface area contributed by atoms with Crippen molar-refractivity contribution in [1.29, 1.82) is 0 Å². The molecule has 8 nitrogen and oxygen atoms in total. The first-order valence-corrected chi connectivity index (χ1v) is 14.6. The first kappa shape index (κ1) is 28.2. The minimum absolute atomic E-state index is 0.154. The van der Waals surface area contributed by atoms with E-state index < -0.39 is 0 Å². The minimum Gasteiger partial charge on any atom is -0.494 e. The number of amides is 2. The first-order chi connectivity index (χ1) is 20.1. The van der Waals surface area contributed by atoms with Crippen LogP contribution in [-0.4, -0.2) is 50.8 Å². The standard InChI is InChI=1S/C32H35N5O3S/c1-3-10-30-24(2)39-22-21-36(32(38)33-28-13-9-14-29-31(28)35-41-34-29)19-7-8-20-37(30)23-25-15-17-27(18-16-25)40-26-11-5-4-6-12-26/h3-6,9-18H,7-8,19-23H2,1-2H3,(H,33,38). The fourth-order valence-corrected chi connectivity index (χ4v) is 5.35. The number of para-hydroxylation sites is 1. The summed E-state index contributed by atoms with van der Waals surface area (Å²) in [7, 11) is 0. The molecule has 0 bridgehead atoms. The van der Waals surface area contributed by atoms with Crippen molar-refractivity contribution in [3.63, 3.8) is 0 Å². The summed E-state index contributed by atoms with van der Waals surface area (Å²) in [6.45, 7) is 7.12. The number of anilines is 1. The molecule has 5 rings (SSSR count). The van der Waals surface area contributed by atoms with Gasteiger partial charge in [0.15, 0.2) is 0 Å². The number of benzene rings is 3. The van der Waals surface area contributed by atoms with Crippen LogP contribution >= 0.6 is 11.7 Å². The number of urea groups is 1. The zero-order chi connectivity index (χ0) is 28.4.